The SMILES string of the molecule is [BaH+].[OH-].[SrH2].[W]. The first-order valence-electron chi connectivity index (χ1n) is 0. The van der Waals surface area contributed by atoms with Gasteiger partial charge in [-0.3, -0.25) is 0 Å². The number of hydrogen-bond acceptors (Lipinski definition) is 1. The minimum Gasteiger partial charge on any atom is 0 e. The molecule has 0 saturated carbocycles. The van der Waals surface area contributed by atoms with Crippen LogP contribution in [0.4, 0.5) is 0 Å². The molecule has 0 aliphatic rings. The van der Waals surface area contributed by atoms with Crippen LogP contribution in [0.5, 0.6) is 0 Å². The summed E-state index contributed by atoms with van der Waals surface area (Å²) in [6.45, 7) is 0. The smallest absolute Gasteiger partial charge is 0 e. The fraction of sp³-hybridized carbons (Fsp3) is 0. The van der Waals surface area contributed by atoms with E-state index in [1.54, 1.807) is 0 Å². The van der Waals surface area contributed by atoms with E-state index in [2.05, 4.69) is 0 Å². The third-order valence-electron chi connectivity index (χ3n) is 0. The van der Waals surface area contributed by atoms with Gasteiger partial charge in [0.15, 0.2) is 0 Å². The van der Waals surface area contributed by atoms with Crippen molar-refractivity contribution in [2.45, 2.75) is 0 Å². The molecule has 0 unspecified atom stereocenters. The van der Waals surface area contributed by atoms with Crippen molar-refractivity contribution < 1.29 is 26.5 Å². The van der Waals surface area contributed by atoms with Crippen molar-refractivity contribution in [3.05, 3.63) is 0 Å². The molecule has 0 heterocycles. The van der Waals surface area contributed by atoms with Crippen LogP contribution in [-0.4, -0.2) is 99.8 Å². The zero-order chi connectivity index (χ0) is 0. The third kappa shape index (κ3) is 9.20. The molecule has 0 aromatic carbocycles. The summed E-state index contributed by atoms with van der Waals surface area (Å²) in [4.78, 5) is 0. The van der Waals surface area contributed by atoms with Crippen molar-refractivity contribution in [3.63, 3.8) is 0 Å². The molecule has 1 nitrogen and oxygen atoms in total. The van der Waals surface area contributed by atoms with E-state index in [0.29, 0.717) is 0 Å². The zero-order valence-corrected chi connectivity index (χ0v) is 11.1. The molecule has 0 aliphatic heterocycles. The average Bonchev–Trinajstić information content (AvgIpc) is 0. The molecule has 0 atom stereocenters. The van der Waals surface area contributed by atoms with E-state index in [1.807, 2.05) is 0 Å². The molecule has 4 heavy (non-hydrogen) atoms. The monoisotopic (exact) mass is 430 g/mol. The van der Waals surface area contributed by atoms with Crippen molar-refractivity contribution in [3.8, 4) is 0 Å². The van der Waals surface area contributed by atoms with E-state index >= 15 is 0 Å². The minimum atomic E-state index is 0. The molecule has 0 aromatic heterocycles. The van der Waals surface area contributed by atoms with Gasteiger partial charge in [0.2, 0.25) is 0 Å². The van der Waals surface area contributed by atoms with Crippen LogP contribution in [0.15, 0.2) is 0 Å². The number of hydrogen-bond donors (Lipinski definition) is 0. The Morgan fingerprint density at radius 2 is 1.00 bits per heavy atom. The Morgan fingerprint density at radius 3 is 1.00 bits per heavy atom. The minimum absolute atomic E-state index is 0. The van der Waals surface area contributed by atoms with Gasteiger partial charge in [-0.25, -0.2) is 0 Å². The molecule has 0 spiro atoms. The Hall–Kier alpha value is 3.70. The molecule has 20 valence electrons. The molecule has 0 fully saturated rings. The van der Waals surface area contributed by atoms with E-state index in [9.17, 15) is 0 Å². The maximum atomic E-state index is 0. The summed E-state index contributed by atoms with van der Waals surface area (Å²) in [5, 5.41) is 0. The molecule has 0 rings (SSSR count). The predicted octanol–water partition coefficient (Wildman–Crippen LogP) is -1.74. The van der Waals surface area contributed by atoms with Crippen molar-refractivity contribution in [1.82, 2.24) is 0 Å². The fourth-order valence-electron chi connectivity index (χ4n) is 0. The predicted molar refractivity (Wildman–Crippen MR) is 17.6 cm³/mol. The molecular formula is H4BaOSrW. The Morgan fingerprint density at radius 1 is 1.00 bits per heavy atom. The molecule has 4 heteroatoms. The maximum Gasteiger partial charge on any atom is 0 e. The van der Waals surface area contributed by atoms with Crippen LogP contribution in [0.25, 0.3) is 0 Å². The van der Waals surface area contributed by atoms with Crippen LogP contribution in [0.3, 0.4) is 0 Å². The largest absolute Gasteiger partial charge is 0 e. The van der Waals surface area contributed by atoms with Gasteiger partial charge in [-0.05, 0) is 0 Å². The van der Waals surface area contributed by atoms with Crippen molar-refractivity contribution in [2.24, 2.45) is 0 Å². The fourth-order valence-corrected chi connectivity index (χ4v) is 0. The normalized spacial score (nSPS) is 0. The van der Waals surface area contributed by atoms with Crippen LogP contribution < -0.4 is 0 Å². The summed E-state index contributed by atoms with van der Waals surface area (Å²) < 4.78 is 0. The first-order chi connectivity index (χ1) is 0. The Balaban J connectivity index is 0. The summed E-state index contributed by atoms with van der Waals surface area (Å²) in [6.07, 6.45) is 0. The Bertz CT molecular complexity index is 8.00. The van der Waals surface area contributed by atoms with Gasteiger partial charge in [-0.2, -0.15) is 0 Å². The van der Waals surface area contributed by atoms with Gasteiger partial charge < -0.3 is 5.48 Å². The molecule has 0 bridgehead atoms. The third-order valence-corrected chi connectivity index (χ3v) is 0. The maximum absolute atomic E-state index is 0. The summed E-state index contributed by atoms with van der Waals surface area (Å²) in [6, 6.07) is 0. The Labute approximate surface area is 117 Å². The van der Waals surface area contributed by atoms with E-state index < -0.39 is 0 Å². The van der Waals surface area contributed by atoms with Crippen LogP contribution in [0.1, 0.15) is 0 Å². The van der Waals surface area contributed by atoms with Crippen LogP contribution in [-0.2, 0) is 21.1 Å². The van der Waals surface area contributed by atoms with Gasteiger partial charge in [0.05, 0.1) is 0 Å². The Kier molecular flexibility index (Phi) is 100. The topological polar surface area (TPSA) is 30.0 Å². The van der Waals surface area contributed by atoms with E-state index in [1.165, 1.54) is 0 Å². The molecule has 0 radical (unpaired) electrons. The average molecular weight is 429 g/mol. The van der Waals surface area contributed by atoms with E-state index in [4.69, 9.17) is 0 Å². The van der Waals surface area contributed by atoms with Gasteiger partial charge >= 0.3 is 94.4 Å². The van der Waals surface area contributed by atoms with Gasteiger partial charge in [0.25, 0.3) is 0 Å². The van der Waals surface area contributed by atoms with Gasteiger partial charge in [-0.1, -0.05) is 0 Å². The summed E-state index contributed by atoms with van der Waals surface area (Å²) in [7, 11) is 0. The van der Waals surface area contributed by atoms with E-state index in [0.717, 1.165) is 0 Å². The van der Waals surface area contributed by atoms with Gasteiger partial charge in [0.1, 0.15) is 0 Å². The summed E-state index contributed by atoms with van der Waals surface area (Å²) in [5.74, 6) is 0. The van der Waals surface area contributed by atoms with E-state index in [-0.39, 0.29) is 121 Å². The van der Waals surface area contributed by atoms with Crippen molar-refractivity contribution in [1.29, 1.82) is 0 Å². The quantitative estimate of drug-likeness (QED) is 0.421. The molecule has 0 saturated heterocycles. The second kappa shape index (κ2) is 15.9. The first-order valence-corrected chi connectivity index (χ1v) is 0. The standard InChI is InChI=1S/Ba.H2O.Sr.W.3H/h;1H2;;;;;/q+1;;;;;;/p-1. The molecule has 0 aliphatic carbocycles. The van der Waals surface area contributed by atoms with Crippen LogP contribution in [0.2, 0.25) is 0 Å². The van der Waals surface area contributed by atoms with Gasteiger partial charge in [0, 0.05) is 21.1 Å². The molecule has 1 N–H and O–H groups in total. The van der Waals surface area contributed by atoms with Crippen molar-refractivity contribution >= 4 is 94.4 Å². The zero-order valence-electron chi connectivity index (χ0n) is 1.86. The first kappa shape index (κ1) is 25.2. The van der Waals surface area contributed by atoms with Crippen LogP contribution in [0, 0.1) is 0 Å². The second-order valence-corrected chi connectivity index (χ2v) is 0. The second-order valence-electron chi connectivity index (χ2n) is 0. The summed E-state index contributed by atoms with van der Waals surface area (Å²) >= 11 is 0. The summed E-state index contributed by atoms with van der Waals surface area (Å²) in [5.41, 5.74) is 0. The molecule has 0 amide bonds. The van der Waals surface area contributed by atoms with Crippen molar-refractivity contribution in [2.75, 3.05) is 0 Å². The van der Waals surface area contributed by atoms with Crippen LogP contribution >= 0.6 is 0 Å². The van der Waals surface area contributed by atoms with Gasteiger partial charge in [-0.15, -0.1) is 0 Å². The number of rotatable bonds is 0. The molecular weight excluding hydrogens is 425 g/mol. The molecule has 0 aromatic rings.